The molecule has 82 valence electrons. The molecule has 0 aliphatic heterocycles. The second kappa shape index (κ2) is 3.99. The number of halogens is 3. The van der Waals surface area contributed by atoms with Gasteiger partial charge in [0.15, 0.2) is 0 Å². The van der Waals surface area contributed by atoms with Crippen LogP contribution in [-0.4, -0.2) is 16.1 Å². The summed E-state index contributed by atoms with van der Waals surface area (Å²) >= 11 is 8.84. The molecule has 0 unspecified atom stereocenters. The lowest BCUT2D eigenvalue weighted by Gasteiger charge is -2.05. The van der Waals surface area contributed by atoms with Crippen molar-refractivity contribution in [2.45, 2.75) is 0 Å². The number of nitrogens with zero attached hydrogens (tertiary/aromatic N) is 1. The molecule has 1 N–H and O–H groups in total. The van der Waals surface area contributed by atoms with Crippen molar-refractivity contribution < 1.29 is 14.3 Å². The van der Waals surface area contributed by atoms with Crippen molar-refractivity contribution in [2.24, 2.45) is 0 Å². The van der Waals surface area contributed by atoms with Crippen molar-refractivity contribution in [2.75, 3.05) is 0 Å². The number of carboxylic acids is 1. The Hall–Kier alpha value is -1.20. The van der Waals surface area contributed by atoms with Crippen LogP contribution in [0.25, 0.3) is 10.9 Å². The fourth-order valence-electron chi connectivity index (χ4n) is 1.33. The molecule has 0 aliphatic rings. The molecule has 3 nitrogen and oxygen atoms in total. The first kappa shape index (κ1) is 11.3. The maximum atomic E-state index is 13.7. The van der Waals surface area contributed by atoms with Gasteiger partial charge in [-0.2, -0.15) is 0 Å². The van der Waals surface area contributed by atoms with Gasteiger partial charge in [0.2, 0.25) is 0 Å². The molecule has 0 spiro atoms. The third-order valence-electron chi connectivity index (χ3n) is 2.09. The highest BCUT2D eigenvalue weighted by molar-refractivity contribution is 9.10. The first-order valence-corrected chi connectivity index (χ1v) is 5.35. The van der Waals surface area contributed by atoms with Gasteiger partial charge in [0.05, 0.1) is 26.0 Å². The molecule has 1 heterocycles. The van der Waals surface area contributed by atoms with Crippen LogP contribution in [0, 0.1) is 5.82 Å². The van der Waals surface area contributed by atoms with E-state index in [-0.39, 0.29) is 20.4 Å². The van der Waals surface area contributed by atoms with E-state index in [9.17, 15) is 9.18 Å². The minimum Gasteiger partial charge on any atom is -0.478 e. The van der Waals surface area contributed by atoms with E-state index in [0.717, 1.165) is 6.20 Å². The highest BCUT2D eigenvalue weighted by Crippen LogP contribution is 2.31. The summed E-state index contributed by atoms with van der Waals surface area (Å²) in [6, 6.07) is 3.04. The average molecular weight is 305 g/mol. The van der Waals surface area contributed by atoms with Crippen molar-refractivity contribution >= 4 is 44.4 Å². The first-order chi connectivity index (χ1) is 7.52. The van der Waals surface area contributed by atoms with Crippen LogP contribution in [0.1, 0.15) is 10.4 Å². The third-order valence-corrected chi connectivity index (χ3v) is 3.10. The fourth-order valence-corrected chi connectivity index (χ4v) is 1.97. The number of carboxylic acid groups (broad SMARTS) is 1. The zero-order valence-corrected chi connectivity index (χ0v) is 10.0. The monoisotopic (exact) mass is 303 g/mol. The van der Waals surface area contributed by atoms with E-state index in [1.54, 1.807) is 6.07 Å². The van der Waals surface area contributed by atoms with Crippen LogP contribution in [-0.2, 0) is 0 Å². The van der Waals surface area contributed by atoms with Crippen LogP contribution < -0.4 is 0 Å². The van der Waals surface area contributed by atoms with E-state index < -0.39 is 11.8 Å². The molecule has 0 aliphatic carbocycles. The van der Waals surface area contributed by atoms with Gasteiger partial charge in [-0.15, -0.1) is 0 Å². The molecular weight excluding hydrogens is 300 g/mol. The summed E-state index contributed by atoms with van der Waals surface area (Å²) in [6.45, 7) is 0. The van der Waals surface area contributed by atoms with Gasteiger partial charge in [-0.25, -0.2) is 9.18 Å². The fraction of sp³-hybridized carbons (Fsp3) is 0. The molecule has 16 heavy (non-hydrogen) atoms. The van der Waals surface area contributed by atoms with Crippen molar-refractivity contribution in [3.8, 4) is 0 Å². The number of aromatic carboxylic acids is 1. The van der Waals surface area contributed by atoms with Gasteiger partial charge in [0.25, 0.3) is 0 Å². The lowest BCUT2D eigenvalue weighted by atomic mass is 10.1. The van der Waals surface area contributed by atoms with Gasteiger partial charge in [0, 0.05) is 6.20 Å². The second-order valence-corrected chi connectivity index (χ2v) is 4.28. The molecule has 0 amide bonds. The molecule has 1 aromatic carbocycles. The van der Waals surface area contributed by atoms with Crippen LogP contribution in [0.3, 0.4) is 0 Å². The van der Waals surface area contributed by atoms with E-state index >= 15 is 0 Å². The Kier molecular flexibility index (Phi) is 2.82. The number of aromatic nitrogens is 1. The van der Waals surface area contributed by atoms with Crippen molar-refractivity contribution in [3.05, 3.63) is 39.2 Å². The van der Waals surface area contributed by atoms with Gasteiger partial charge in [-0.1, -0.05) is 11.6 Å². The molecule has 0 bridgehead atoms. The largest absolute Gasteiger partial charge is 0.478 e. The summed E-state index contributed by atoms with van der Waals surface area (Å²) in [5.41, 5.74) is 0.0990. The number of pyridine rings is 1. The molecule has 0 saturated carbocycles. The SMILES string of the molecule is O=C(O)c1cnc2ccc(Br)c(F)c2c1Cl. The van der Waals surface area contributed by atoms with Crippen molar-refractivity contribution in [3.63, 3.8) is 0 Å². The number of carbonyl (C=O) groups is 1. The topological polar surface area (TPSA) is 50.2 Å². The molecule has 0 saturated heterocycles. The zero-order chi connectivity index (χ0) is 11.9. The number of rotatable bonds is 1. The zero-order valence-electron chi connectivity index (χ0n) is 7.67. The number of fused-ring (bicyclic) bond motifs is 1. The van der Waals surface area contributed by atoms with E-state index in [2.05, 4.69) is 20.9 Å². The molecule has 2 aromatic rings. The predicted octanol–water partition coefficient (Wildman–Crippen LogP) is 3.49. The molecule has 6 heteroatoms. The number of hydrogen-bond donors (Lipinski definition) is 1. The average Bonchev–Trinajstić information content (AvgIpc) is 2.23. The normalized spacial score (nSPS) is 10.7. The van der Waals surface area contributed by atoms with Gasteiger partial charge >= 0.3 is 5.97 Å². The van der Waals surface area contributed by atoms with E-state index in [1.807, 2.05) is 0 Å². The molecule has 0 atom stereocenters. The second-order valence-electron chi connectivity index (χ2n) is 3.05. The predicted molar refractivity (Wildman–Crippen MR) is 61.4 cm³/mol. The van der Waals surface area contributed by atoms with Crippen molar-refractivity contribution in [1.29, 1.82) is 0 Å². The van der Waals surface area contributed by atoms with E-state index in [0.29, 0.717) is 5.52 Å². The first-order valence-electron chi connectivity index (χ1n) is 4.18. The van der Waals surface area contributed by atoms with E-state index in [1.165, 1.54) is 6.07 Å². The van der Waals surface area contributed by atoms with Gasteiger partial charge < -0.3 is 5.11 Å². The molecule has 1 aromatic heterocycles. The van der Waals surface area contributed by atoms with Crippen LogP contribution in [0.4, 0.5) is 4.39 Å². The number of hydrogen-bond acceptors (Lipinski definition) is 2. The van der Waals surface area contributed by atoms with Gasteiger partial charge in [0.1, 0.15) is 5.82 Å². The smallest absolute Gasteiger partial charge is 0.338 e. The highest BCUT2D eigenvalue weighted by atomic mass is 79.9. The Morgan fingerprint density at radius 1 is 1.50 bits per heavy atom. The van der Waals surface area contributed by atoms with Crippen LogP contribution in [0.5, 0.6) is 0 Å². The maximum Gasteiger partial charge on any atom is 0.338 e. The summed E-state index contributed by atoms with van der Waals surface area (Å²) < 4.78 is 14.0. The Labute approximate surface area is 103 Å². The van der Waals surface area contributed by atoms with E-state index in [4.69, 9.17) is 16.7 Å². The minimum absolute atomic E-state index is 0.0101. The Balaban J connectivity index is 2.92. The van der Waals surface area contributed by atoms with Crippen molar-refractivity contribution in [1.82, 2.24) is 4.98 Å². The maximum absolute atomic E-state index is 13.7. The summed E-state index contributed by atoms with van der Waals surface area (Å²) in [5.74, 6) is -1.85. The van der Waals surface area contributed by atoms with Crippen LogP contribution in [0.15, 0.2) is 22.8 Å². The molecule has 0 fully saturated rings. The van der Waals surface area contributed by atoms with Gasteiger partial charge in [-0.05, 0) is 28.1 Å². The highest BCUT2D eigenvalue weighted by Gasteiger charge is 2.16. The third kappa shape index (κ3) is 1.66. The molecule has 0 radical (unpaired) electrons. The lowest BCUT2D eigenvalue weighted by Crippen LogP contribution is -2.00. The summed E-state index contributed by atoms with van der Waals surface area (Å²) in [7, 11) is 0. The standard InChI is InChI=1S/C10H4BrClFNO2/c11-5-1-2-6-7(9(5)13)8(12)4(3-14-6)10(15)16/h1-3H,(H,15,16). The summed E-state index contributed by atoms with van der Waals surface area (Å²) in [4.78, 5) is 14.6. The van der Waals surface area contributed by atoms with Crippen LogP contribution >= 0.6 is 27.5 Å². The molecular formula is C10H4BrClFNO2. The Morgan fingerprint density at radius 3 is 2.81 bits per heavy atom. The van der Waals surface area contributed by atoms with Gasteiger partial charge in [-0.3, -0.25) is 4.98 Å². The summed E-state index contributed by atoms with van der Waals surface area (Å²) in [6.07, 6.45) is 1.11. The quantitative estimate of drug-likeness (QED) is 0.877. The Bertz CT molecular complexity index is 603. The number of benzene rings is 1. The minimum atomic E-state index is -1.24. The van der Waals surface area contributed by atoms with Crippen LogP contribution in [0.2, 0.25) is 5.02 Å². The molecule has 2 rings (SSSR count). The summed E-state index contributed by atoms with van der Waals surface area (Å²) in [5, 5.41) is 8.69. The Morgan fingerprint density at radius 2 is 2.19 bits per heavy atom. The lowest BCUT2D eigenvalue weighted by molar-refractivity contribution is 0.0697.